The standard InChI is InChI=1S/C13H17ClOS2/c1-8-9(2)17-12(7-16-8)13(15)10-5-3-4-6-11(10)14/h3-6,8-9,12-13,15H,7H2,1-2H3. The molecule has 1 fully saturated rings. The first-order chi connectivity index (χ1) is 8.09. The molecule has 2 rings (SSSR count). The zero-order valence-corrected chi connectivity index (χ0v) is 12.4. The molecule has 1 aliphatic rings. The second kappa shape index (κ2) is 5.87. The molecule has 0 aliphatic carbocycles. The van der Waals surface area contributed by atoms with Gasteiger partial charge in [-0.2, -0.15) is 23.5 Å². The lowest BCUT2D eigenvalue weighted by Crippen LogP contribution is -2.30. The maximum absolute atomic E-state index is 10.4. The van der Waals surface area contributed by atoms with Gasteiger partial charge in [0.05, 0.1) is 6.10 Å². The molecule has 4 atom stereocenters. The van der Waals surface area contributed by atoms with Gasteiger partial charge in [0.25, 0.3) is 0 Å². The fourth-order valence-corrected chi connectivity index (χ4v) is 5.13. The van der Waals surface area contributed by atoms with E-state index in [0.29, 0.717) is 15.5 Å². The molecule has 1 aromatic rings. The molecule has 94 valence electrons. The van der Waals surface area contributed by atoms with Crippen molar-refractivity contribution in [2.24, 2.45) is 0 Å². The summed E-state index contributed by atoms with van der Waals surface area (Å²) in [5, 5.41) is 12.6. The summed E-state index contributed by atoms with van der Waals surface area (Å²) >= 11 is 9.94. The molecule has 0 amide bonds. The van der Waals surface area contributed by atoms with E-state index in [0.717, 1.165) is 11.3 Å². The van der Waals surface area contributed by atoms with Crippen LogP contribution in [0, 0.1) is 0 Å². The first-order valence-electron chi connectivity index (χ1n) is 5.79. The zero-order chi connectivity index (χ0) is 12.4. The molecule has 1 heterocycles. The predicted octanol–water partition coefficient (Wildman–Crippen LogP) is 4.00. The topological polar surface area (TPSA) is 20.2 Å². The number of hydrogen-bond acceptors (Lipinski definition) is 3. The molecule has 0 saturated carbocycles. The van der Waals surface area contributed by atoms with Crippen molar-refractivity contribution in [3.05, 3.63) is 34.9 Å². The van der Waals surface area contributed by atoms with Crippen molar-refractivity contribution in [2.45, 2.75) is 35.7 Å². The van der Waals surface area contributed by atoms with E-state index in [1.54, 1.807) is 0 Å². The first kappa shape index (κ1) is 13.6. The highest BCUT2D eigenvalue weighted by molar-refractivity contribution is 8.07. The number of thioether (sulfide) groups is 2. The molecular weight excluding hydrogens is 272 g/mol. The van der Waals surface area contributed by atoms with Gasteiger partial charge in [-0.15, -0.1) is 0 Å². The molecule has 0 bridgehead atoms. The van der Waals surface area contributed by atoms with Gasteiger partial charge in [-0.3, -0.25) is 0 Å². The van der Waals surface area contributed by atoms with Crippen LogP contribution >= 0.6 is 35.1 Å². The maximum Gasteiger partial charge on any atom is 0.0931 e. The highest BCUT2D eigenvalue weighted by Gasteiger charge is 2.31. The van der Waals surface area contributed by atoms with E-state index in [4.69, 9.17) is 11.6 Å². The van der Waals surface area contributed by atoms with Gasteiger partial charge >= 0.3 is 0 Å². The van der Waals surface area contributed by atoms with Crippen LogP contribution in [0.2, 0.25) is 5.02 Å². The average molecular weight is 289 g/mol. The molecule has 0 spiro atoms. The van der Waals surface area contributed by atoms with Gasteiger partial charge in [0.1, 0.15) is 0 Å². The minimum absolute atomic E-state index is 0.242. The Kier molecular flexibility index (Phi) is 4.70. The van der Waals surface area contributed by atoms with Crippen LogP contribution in [0.1, 0.15) is 25.5 Å². The van der Waals surface area contributed by atoms with E-state index in [1.165, 1.54) is 0 Å². The third-order valence-corrected chi connectivity index (χ3v) is 6.97. The van der Waals surface area contributed by atoms with Crippen molar-refractivity contribution < 1.29 is 5.11 Å². The van der Waals surface area contributed by atoms with E-state index in [-0.39, 0.29) is 5.25 Å². The average Bonchev–Trinajstić information content (AvgIpc) is 2.32. The molecule has 1 saturated heterocycles. The van der Waals surface area contributed by atoms with Crippen molar-refractivity contribution in [3.8, 4) is 0 Å². The number of halogens is 1. The normalized spacial score (nSPS) is 31.2. The Hall–Kier alpha value is 0.170. The summed E-state index contributed by atoms with van der Waals surface area (Å²) in [7, 11) is 0. The van der Waals surface area contributed by atoms with E-state index in [1.807, 2.05) is 47.8 Å². The smallest absolute Gasteiger partial charge is 0.0931 e. The number of aliphatic hydroxyl groups excluding tert-OH is 1. The molecule has 1 aromatic carbocycles. The van der Waals surface area contributed by atoms with Crippen molar-refractivity contribution in [1.29, 1.82) is 0 Å². The van der Waals surface area contributed by atoms with Crippen LogP contribution in [0.25, 0.3) is 0 Å². The van der Waals surface area contributed by atoms with Crippen molar-refractivity contribution in [2.75, 3.05) is 5.75 Å². The van der Waals surface area contributed by atoms with Gasteiger partial charge in [0.2, 0.25) is 0 Å². The molecule has 0 aromatic heterocycles. The summed E-state index contributed by atoms with van der Waals surface area (Å²) in [4.78, 5) is 0. The molecular formula is C13H17ClOS2. The molecule has 4 unspecified atom stereocenters. The van der Waals surface area contributed by atoms with Crippen LogP contribution in [0.4, 0.5) is 0 Å². The highest BCUT2D eigenvalue weighted by atomic mass is 35.5. The summed E-state index contributed by atoms with van der Waals surface area (Å²) in [6, 6.07) is 7.58. The van der Waals surface area contributed by atoms with E-state index >= 15 is 0 Å². The molecule has 1 N–H and O–H groups in total. The largest absolute Gasteiger partial charge is 0.387 e. The monoisotopic (exact) mass is 288 g/mol. The molecule has 0 radical (unpaired) electrons. The van der Waals surface area contributed by atoms with Crippen LogP contribution < -0.4 is 0 Å². The van der Waals surface area contributed by atoms with Gasteiger partial charge in [0, 0.05) is 32.1 Å². The van der Waals surface area contributed by atoms with Crippen LogP contribution in [0.3, 0.4) is 0 Å². The van der Waals surface area contributed by atoms with Crippen molar-refractivity contribution in [3.63, 3.8) is 0 Å². The SMILES string of the molecule is CC1SCC(C(O)c2ccccc2Cl)SC1C. The van der Waals surface area contributed by atoms with Gasteiger partial charge in [-0.25, -0.2) is 0 Å². The predicted molar refractivity (Wildman–Crippen MR) is 79.2 cm³/mol. The number of hydrogen-bond donors (Lipinski definition) is 1. The van der Waals surface area contributed by atoms with E-state index < -0.39 is 6.10 Å². The maximum atomic E-state index is 10.4. The Morgan fingerprint density at radius 1 is 1.29 bits per heavy atom. The summed E-state index contributed by atoms with van der Waals surface area (Å²) in [6.07, 6.45) is -0.462. The van der Waals surface area contributed by atoms with Crippen LogP contribution in [0.5, 0.6) is 0 Å². The van der Waals surface area contributed by atoms with E-state index in [2.05, 4.69) is 13.8 Å². The Morgan fingerprint density at radius 3 is 2.65 bits per heavy atom. The minimum atomic E-state index is -0.462. The lowest BCUT2D eigenvalue weighted by Gasteiger charge is -2.34. The van der Waals surface area contributed by atoms with Gasteiger partial charge in [-0.1, -0.05) is 43.6 Å². The molecule has 1 aliphatic heterocycles. The fourth-order valence-electron chi connectivity index (χ4n) is 1.89. The van der Waals surface area contributed by atoms with Crippen LogP contribution in [0.15, 0.2) is 24.3 Å². The third kappa shape index (κ3) is 3.14. The number of benzene rings is 1. The Balaban J connectivity index is 2.10. The lowest BCUT2D eigenvalue weighted by molar-refractivity contribution is 0.180. The van der Waals surface area contributed by atoms with Crippen molar-refractivity contribution in [1.82, 2.24) is 0 Å². The summed E-state index contributed by atoms with van der Waals surface area (Å²) in [6.45, 7) is 4.48. The zero-order valence-electron chi connectivity index (χ0n) is 9.97. The Bertz CT molecular complexity index is 385. The molecule has 1 nitrogen and oxygen atoms in total. The highest BCUT2D eigenvalue weighted by Crippen LogP contribution is 2.42. The Labute approximate surface area is 116 Å². The van der Waals surface area contributed by atoms with Gasteiger partial charge in [-0.05, 0) is 6.07 Å². The second-order valence-corrected chi connectivity index (χ2v) is 7.82. The second-order valence-electron chi connectivity index (χ2n) is 4.38. The van der Waals surface area contributed by atoms with Crippen LogP contribution in [-0.2, 0) is 0 Å². The van der Waals surface area contributed by atoms with Crippen molar-refractivity contribution >= 4 is 35.1 Å². The third-order valence-electron chi connectivity index (χ3n) is 3.15. The number of aliphatic hydroxyl groups is 1. The molecule has 17 heavy (non-hydrogen) atoms. The molecule has 4 heteroatoms. The number of rotatable bonds is 2. The summed E-state index contributed by atoms with van der Waals surface area (Å²) < 4.78 is 0. The first-order valence-corrected chi connectivity index (χ1v) is 8.16. The fraction of sp³-hybridized carbons (Fsp3) is 0.538. The van der Waals surface area contributed by atoms with Crippen LogP contribution in [-0.4, -0.2) is 26.6 Å². The summed E-state index contributed by atoms with van der Waals surface area (Å²) in [5.41, 5.74) is 0.856. The van der Waals surface area contributed by atoms with Gasteiger partial charge < -0.3 is 5.11 Å². The quantitative estimate of drug-likeness (QED) is 0.888. The van der Waals surface area contributed by atoms with E-state index in [9.17, 15) is 5.11 Å². The summed E-state index contributed by atoms with van der Waals surface area (Å²) in [5.74, 6) is 0.989. The Morgan fingerprint density at radius 2 is 2.00 bits per heavy atom. The lowest BCUT2D eigenvalue weighted by atomic mass is 10.1. The van der Waals surface area contributed by atoms with Gasteiger partial charge in [0.15, 0.2) is 0 Å². The minimum Gasteiger partial charge on any atom is -0.387 e.